The predicted molar refractivity (Wildman–Crippen MR) is 80.5 cm³/mol. The number of hydrogen-bond acceptors (Lipinski definition) is 1. The Hall–Kier alpha value is -1.91. The zero-order valence-electron chi connectivity index (χ0n) is 10.6. The Morgan fingerprint density at radius 2 is 1.84 bits per heavy atom. The van der Waals surface area contributed by atoms with Crippen LogP contribution in [-0.2, 0) is 0 Å². The fourth-order valence-corrected chi connectivity index (χ4v) is 2.02. The predicted octanol–water partition coefficient (Wildman–Crippen LogP) is 4.80. The van der Waals surface area contributed by atoms with Crippen LogP contribution in [0.2, 0.25) is 5.02 Å². The molecule has 2 aromatic rings. The highest BCUT2D eigenvalue weighted by Gasteiger charge is 2.04. The molecule has 0 N–H and O–H groups in total. The third-order valence-electron chi connectivity index (χ3n) is 2.76. The smallest absolute Gasteiger partial charge is 0.137 e. The Balaban J connectivity index is 2.08. The van der Waals surface area contributed by atoms with Crippen molar-refractivity contribution in [2.24, 2.45) is 0 Å². The summed E-state index contributed by atoms with van der Waals surface area (Å²) in [4.78, 5) is 0. The van der Waals surface area contributed by atoms with Gasteiger partial charge in [-0.2, -0.15) is 0 Å². The number of ether oxygens (including phenoxy) is 1. The molecular formula is C17H15ClO. The van der Waals surface area contributed by atoms with Gasteiger partial charge in [0.05, 0.1) is 11.6 Å². The van der Waals surface area contributed by atoms with Crippen molar-refractivity contribution in [1.29, 1.82) is 0 Å². The summed E-state index contributed by atoms with van der Waals surface area (Å²) < 4.78 is 5.60. The maximum atomic E-state index is 6.23. The van der Waals surface area contributed by atoms with E-state index in [1.54, 1.807) is 0 Å². The van der Waals surface area contributed by atoms with Gasteiger partial charge < -0.3 is 4.74 Å². The van der Waals surface area contributed by atoms with E-state index in [-0.39, 0.29) is 0 Å². The number of halogens is 1. The molecule has 0 bridgehead atoms. The molecule has 0 fully saturated rings. The first kappa shape index (κ1) is 13.5. The van der Waals surface area contributed by atoms with Gasteiger partial charge in [-0.05, 0) is 29.7 Å². The van der Waals surface area contributed by atoms with Crippen LogP contribution in [0.15, 0.2) is 48.5 Å². The van der Waals surface area contributed by atoms with Crippen LogP contribution in [0, 0.1) is 12.3 Å². The first-order valence-electron chi connectivity index (χ1n) is 6.22. The molecule has 0 heterocycles. The van der Waals surface area contributed by atoms with E-state index in [9.17, 15) is 0 Å². The van der Waals surface area contributed by atoms with Crippen molar-refractivity contribution in [2.45, 2.75) is 12.8 Å². The van der Waals surface area contributed by atoms with Gasteiger partial charge in [0.15, 0.2) is 0 Å². The maximum Gasteiger partial charge on any atom is 0.137 e. The van der Waals surface area contributed by atoms with E-state index in [1.165, 1.54) is 0 Å². The number of terminal acetylenes is 1. The van der Waals surface area contributed by atoms with E-state index < -0.39 is 0 Å². The molecule has 2 aromatic carbocycles. The highest BCUT2D eigenvalue weighted by Crippen LogP contribution is 2.30. The van der Waals surface area contributed by atoms with E-state index >= 15 is 0 Å². The van der Waals surface area contributed by atoms with Crippen molar-refractivity contribution in [2.75, 3.05) is 6.61 Å². The lowest BCUT2D eigenvalue weighted by atomic mass is 10.1. The number of unbranched alkanes of at least 4 members (excludes halogenated alkanes) is 1. The van der Waals surface area contributed by atoms with Crippen LogP contribution in [0.5, 0.6) is 5.75 Å². The van der Waals surface area contributed by atoms with Crippen molar-refractivity contribution < 1.29 is 4.74 Å². The van der Waals surface area contributed by atoms with E-state index in [4.69, 9.17) is 22.8 Å². The van der Waals surface area contributed by atoms with Gasteiger partial charge in [0.25, 0.3) is 0 Å². The molecule has 0 saturated heterocycles. The van der Waals surface area contributed by atoms with Crippen LogP contribution in [0.25, 0.3) is 11.1 Å². The minimum atomic E-state index is 0.592. The van der Waals surface area contributed by atoms with Gasteiger partial charge in [-0.3, -0.25) is 0 Å². The molecule has 1 nitrogen and oxygen atoms in total. The first-order valence-corrected chi connectivity index (χ1v) is 6.60. The van der Waals surface area contributed by atoms with Crippen molar-refractivity contribution in [3.8, 4) is 29.2 Å². The molecule has 0 aliphatic carbocycles. The Morgan fingerprint density at radius 3 is 2.53 bits per heavy atom. The third kappa shape index (κ3) is 3.77. The average Bonchev–Trinajstić information content (AvgIpc) is 2.46. The second-order valence-corrected chi connectivity index (χ2v) is 4.57. The van der Waals surface area contributed by atoms with Crippen LogP contribution in [0.1, 0.15) is 12.8 Å². The standard InChI is InChI=1S/C17H15ClO/c1-2-3-7-12-19-17-11-10-15(13-16(17)18)14-8-5-4-6-9-14/h1,4-6,8-11,13H,3,7,12H2. The molecule has 0 atom stereocenters. The molecule has 96 valence electrons. The summed E-state index contributed by atoms with van der Waals surface area (Å²) in [6.45, 7) is 0.592. The SMILES string of the molecule is C#CCCCOc1ccc(-c2ccccc2)cc1Cl. The van der Waals surface area contributed by atoms with E-state index in [1.807, 2.05) is 36.4 Å². The summed E-state index contributed by atoms with van der Waals surface area (Å²) in [5.74, 6) is 3.29. The van der Waals surface area contributed by atoms with Gasteiger partial charge >= 0.3 is 0 Å². The topological polar surface area (TPSA) is 9.23 Å². The van der Waals surface area contributed by atoms with Crippen LogP contribution in [-0.4, -0.2) is 6.61 Å². The minimum absolute atomic E-state index is 0.592. The van der Waals surface area contributed by atoms with E-state index in [2.05, 4.69) is 18.1 Å². The largest absolute Gasteiger partial charge is 0.492 e. The quantitative estimate of drug-likeness (QED) is 0.560. The minimum Gasteiger partial charge on any atom is -0.492 e. The van der Waals surface area contributed by atoms with E-state index in [0.717, 1.165) is 24.0 Å². The third-order valence-corrected chi connectivity index (χ3v) is 3.06. The van der Waals surface area contributed by atoms with Gasteiger partial charge in [0.2, 0.25) is 0 Å². The van der Waals surface area contributed by atoms with Crippen molar-refractivity contribution >= 4 is 11.6 Å². The molecule has 0 saturated carbocycles. The Bertz CT molecular complexity index is 570. The summed E-state index contributed by atoms with van der Waals surface area (Å²) in [5.41, 5.74) is 2.23. The fourth-order valence-electron chi connectivity index (χ4n) is 1.78. The molecule has 0 spiro atoms. The highest BCUT2D eigenvalue weighted by molar-refractivity contribution is 6.32. The second kappa shape index (κ2) is 6.87. The number of benzene rings is 2. The monoisotopic (exact) mass is 270 g/mol. The lowest BCUT2D eigenvalue weighted by Crippen LogP contribution is -1.97. The lowest BCUT2D eigenvalue weighted by Gasteiger charge is -2.09. The normalized spacial score (nSPS) is 9.89. The van der Waals surface area contributed by atoms with Gasteiger partial charge in [-0.15, -0.1) is 12.3 Å². The Labute approximate surface area is 119 Å². The van der Waals surface area contributed by atoms with Gasteiger partial charge in [-0.25, -0.2) is 0 Å². The lowest BCUT2D eigenvalue weighted by molar-refractivity contribution is 0.313. The van der Waals surface area contributed by atoms with Crippen molar-refractivity contribution in [3.05, 3.63) is 53.6 Å². The summed E-state index contributed by atoms with van der Waals surface area (Å²) in [6.07, 6.45) is 6.75. The Morgan fingerprint density at radius 1 is 1.05 bits per heavy atom. The van der Waals surface area contributed by atoms with Crippen LogP contribution in [0.3, 0.4) is 0 Å². The fraction of sp³-hybridized carbons (Fsp3) is 0.176. The average molecular weight is 271 g/mol. The molecule has 0 aliphatic heterocycles. The van der Waals surface area contributed by atoms with E-state index in [0.29, 0.717) is 17.4 Å². The zero-order chi connectivity index (χ0) is 13.5. The maximum absolute atomic E-state index is 6.23. The molecule has 0 amide bonds. The van der Waals surface area contributed by atoms with Crippen LogP contribution >= 0.6 is 11.6 Å². The van der Waals surface area contributed by atoms with Crippen molar-refractivity contribution in [1.82, 2.24) is 0 Å². The van der Waals surface area contributed by atoms with Crippen LogP contribution in [0.4, 0.5) is 0 Å². The second-order valence-electron chi connectivity index (χ2n) is 4.17. The molecule has 19 heavy (non-hydrogen) atoms. The molecular weight excluding hydrogens is 256 g/mol. The summed E-state index contributed by atoms with van der Waals surface area (Å²) >= 11 is 6.23. The first-order chi connectivity index (χ1) is 9.31. The van der Waals surface area contributed by atoms with Gasteiger partial charge in [-0.1, -0.05) is 48.0 Å². The van der Waals surface area contributed by atoms with Gasteiger partial charge in [0.1, 0.15) is 5.75 Å². The number of hydrogen-bond donors (Lipinski definition) is 0. The summed E-state index contributed by atoms with van der Waals surface area (Å²) in [5, 5.41) is 0.627. The van der Waals surface area contributed by atoms with Crippen LogP contribution < -0.4 is 4.74 Å². The number of rotatable bonds is 5. The summed E-state index contributed by atoms with van der Waals surface area (Å²) in [6, 6.07) is 16.0. The molecule has 0 radical (unpaired) electrons. The zero-order valence-corrected chi connectivity index (χ0v) is 11.4. The van der Waals surface area contributed by atoms with Gasteiger partial charge in [0, 0.05) is 6.42 Å². The Kier molecular flexibility index (Phi) is 4.89. The molecule has 0 aliphatic rings. The molecule has 2 rings (SSSR count). The molecule has 0 unspecified atom stereocenters. The molecule has 0 aromatic heterocycles. The molecule has 2 heteroatoms. The van der Waals surface area contributed by atoms with Crippen molar-refractivity contribution in [3.63, 3.8) is 0 Å². The highest BCUT2D eigenvalue weighted by atomic mass is 35.5. The summed E-state index contributed by atoms with van der Waals surface area (Å²) in [7, 11) is 0.